The van der Waals surface area contributed by atoms with Gasteiger partial charge in [0.25, 0.3) is 0 Å². The van der Waals surface area contributed by atoms with E-state index in [-0.39, 0.29) is 35.8 Å². The van der Waals surface area contributed by atoms with Gasteiger partial charge >= 0.3 is 0 Å². The number of sulfone groups is 2. The molecule has 1 saturated carbocycles. The first-order valence-electron chi connectivity index (χ1n) is 18.5. The molecule has 54 heavy (non-hydrogen) atoms. The Morgan fingerprint density at radius 2 is 0.870 bits per heavy atom. The van der Waals surface area contributed by atoms with E-state index in [0.29, 0.717) is 4.90 Å². The van der Waals surface area contributed by atoms with Crippen molar-refractivity contribution in [1.29, 1.82) is 0 Å². The van der Waals surface area contributed by atoms with Crippen LogP contribution in [0.4, 0.5) is 0 Å². The minimum Gasteiger partial charge on any atom is -0.392 e. The molecule has 7 rings (SSSR count). The maximum absolute atomic E-state index is 13.2. The van der Waals surface area contributed by atoms with E-state index in [1.807, 2.05) is 54.6 Å². The highest BCUT2D eigenvalue weighted by molar-refractivity contribution is 7.91. The van der Waals surface area contributed by atoms with Crippen LogP contribution in [0.1, 0.15) is 62.6 Å². The van der Waals surface area contributed by atoms with Crippen molar-refractivity contribution in [3.63, 3.8) is 0 Å². The largest absolute Gasteiger partial charge is 0.392 e. The third-order valence-corrected chi connectivity index (χ3v) is 14.2. The number of aliphatic hydroxyl groups is 2. The van der Waals surface area contributed by atoms with Crippen LogP contribution in [-0.4, -0.2) is 68.2 Å². The Bertz CT molecular complexity index is 1980. The van der Waals surface area contributed by atoms with Crippen molar-refractivity contribution in [1.82, 2.24) is 4.90 Å². The zero-order chi connectivity index (χ0) is 37.3. The van der Waals surface area contributed by atoms with Gasteiger partial charge < -0.3 is 10.2 Å². The van der Waals surface area contributed by atoms with Gasteiger partial charge in [0, 0.05) is 12.6 Å². The average Bonchev–Trinajstić information content (AvgIpc) is 3.92. The van der Waals surface area contributed by atoms with E-state index >= 15 is 0 Å². The number of benzene rings is 5. The minimum absolute atomic E-state index is 0. The second kappa shape index (κ2) is 18.5. The molecule has 7 nitrogen and oxygen atoms in total. The fourth-order valence-corrected chi connectivity index (χ4v) is 11.1. The number of rotatable bonds is 12. The summed E-state index contributed by atoms with van der Waals surface area (Å²) >= 11 is 0. The number of hydrogen-bond donors (Lipinski definition) is 2. The highest BCUT2D eigenvalue weighted by Gasteiger charge is 2.49. The Kier molecular flexibility index (Phi) is 14.0. The summed E-state index contributed by atoms with van der Waals surface area (Å²) < 4.78 is 50.5. The number of aliphatic hydroxyl groups excluding tert-OH is 2. The van der Waals surface area contributed by atoms with Crippen molar-refractivity contribution in [3.8, 4) is 0 Å². The Morgan fingerprint density at radius 3 is 1.26 bits per heavy atom. The summed E-state index contributed by atoms with van der Waals surface area (Å²) in [5.41, 5.74) is 2.59. The molecule has 0 unspecified atom stereocenters. The molecule has 1 saturated heterocycles. The van der Waals surface area contributed by atoms with Crippen LogP contribution < -0.4 is 0 Å². The predicted octanol–water partition coefficient (Wildman–Crippen LogP) is 7.93. The van der Waals surface area contributed by atoms with E-state index < -0.39 is 37.4 Å². The highest BCUT2D eigenvalue weighted by atomic mass is 32.2. The third kappa shape index (κ3) is 9.21. The molecule has 5 aromatic carbocycles. The molecule has 1 aliphatic carbocycles. The summed E-state index contributed by atoms with van der Waals surface area (Å²) in [6, 6.07) is 47.5. The zero-order valence-electron chi connectivity index (χ0n) is 29.9. The normalized spacial score (nSPS) is 17.9. The lowest BCUT2D eigenvalue weighted by molar-refractivity contribution is 0.0451. The van der Waals surface area contributed by atoms with Crippen molar-refractivity contribution in [2.24, 2.45) is 5.92 Å². The van der Waals surface area contributed by atoms with E-state index in [4.69, 9.17) is 0 Å². The Balaban J connectivity index is 0.000000262. The van der Waals surface area contributed by atoms with Gasteiger partial charge in [0.2, 0.25) is 0 Å². The average molecular weight is 768 g/mol. The molecule has 286 valence electrons. The molecule has 0 spiro atoms. The molecule has 0 aromatic heterocycles. The Hall–Kier alpha value is -4.12. The van der Waals surface area contributed by atoms with Crippen molar-refractivity contribution < 1.29 is 27.0 Å². The van der Waals surface area contributed by atoms with Gasteiger partial charge in [-0.2, -0.15) is 0 Å². The van der Waals surface area contributed by atoms with Crippen LogP contribution in [0.2, 0.25) is 0 Å². The van der Waals surface area contributed by atoms with E-state index in [1.165, 1.54) is 0 Å². The van der Waals surface area contributed by atoms with Gasteiger partial charge in [-0.05, 0) is 72.6 Å². The molecule has 0 amide bonds. The van der Waals surface area contributed by atoms with Gasteiger partial charge in [-0.25, -0.2) is 16.8 Å². The first-order valence-corrected chi connectivity index (χ1v) is 21.8. The maximum atomic E-state index is 13.2. The van der Waals surface area contributed by atoms with Crippen molar-refractivity contribution in [3.05, 3.63) is 168 Å². The molecule has 5 aromatic rings. The van der Waals surface area contributed by atoms with Gasteiger partial charge in [-0.1, -0.05) is 148 Å². The highest BCUT2D eigenvalue weighted by Crippen LogP contribution is 2.46. The van der Waals surface area contributed by atoms with E-state index in [2.05, 4.69) is 41.3 Å². The molecular weight excluding hydrogens is 715 g/mol. The first-order chi connectivity index (χ1) is 25.6. The van der Waals surface area contributed by atoms with Crippen molar-refractivity contribution in [2.45, 2.75) is 79.5 Å². The SMILES string of the molecule is C.O=S(=O)(C[C@H](O)C1CCCC1)c1ccccc1.O=S(=O)(C[C@H](O)[C@H]1CCCN1C(c1ccccc1)(c1ccccc1)c1ccccc1)c1ccccc1. The van der Waals surface area contributed by atoms with E-state index in [1.54, 1.807) is 60.7 Å². The summed E-state index contributed by atoms with van der Waals surface area (Å²) in [5.74, 6) is -0.303. The van der Waals surface area contributed by atoms with E-state index in [0.717, 1.165) is 61.8 Å². The van der Waals surface area contributed by atoms with Gasteiger partial charge in [-0.15, -0.1) is 0 Å². The minimum atomic E-state index is -3.64. The second-order valence-electron chi connectivity index (χ2n) is 14.1. The fourth-order valence-electron chi connectivity index (χ4n) is 8.13. The summed E-state index contributed by atoms with van der Waals surface area (Å²) in [6.07, 6.45) is 3.95. The van der Waals surface area contributed by atoms with Gasteiger partial charge in [0.15, 0.2) is 19.7 Å². The Morgan fingerprint density at radius 1 is 0.519 bits per heavy atom. The monoisotopic (exact) mass is 767 g/mol. The van der Waals surface area contributed by atoms with Gasteiger partial charge in [0.05, 0.1) is 39.0 Å². The van der Waals surface area contributed by atoms with Crippen molar-refractivity contribution >= 4 is 19.7 Å². The molecule has 9 heteroatoms. The van der Waals surface area contributed by atoms with Crippen molar-refractivity contribution in [2.75, 3.05) is 18.1 Å². The molecule has 2 fully saturated rings. The summed E-state index contributed by atoms with van der Waals surface area (Å²) in [6.45, 7) is 0.742. The predicted molar refractivity (Wildman–Crippen MR) is 217 cm³/mol. The molecule has 1 aliphatic heterocycles. The van der Waals surface area contributed by atoms with Crippen LogP contribution in [0.5, 0.6) is 0 Å². The number of likely N-dealkylation sites (tertiary alicyclic amines) is 1. The molecule has 0 radical (unpaired) electrons. The standard InChI is InChI=1S/C31H31NO3S.C13H18O3S.CH4/c33-30(24-36(34,35)28-20-11-4-12-21-28)29-22-13-23-32(29)31(25-14-5-1-6-15-25,26-16-7-2-8-17-26)27-18-9-3-10-19-27;14-13(11-6-4-5-7-11)10-17(15,16)12-8-2-1-3-9-12;/h1-12,14-21,29-30,33H,13,22-24H2;1-3,8-9,11,13-14H,4-7,10H2;1H4/t29-,30+;13-;/m10./s1. The molecule has 0 bridgehead atoms. The van der Waals surface area contributed by atoms with Crippen LogP contribution in [0.3, 0.4) is 0 Å². The van der Waals surface area contributed by atoms with Crippen LogP contribution in [0, 0.1) is 5.92 Å². The number of nitrogens with zero attached hydrogens (tertiary/aromatic N) is 1. The molecule has 2 N–H and O–H groups in total. The van der Waals surface area contributed by atoms with Gasteiger partial charge in [0.1, 0.15) is 0 Å². The zero-order valence-corrected chi connectivity index (χ0v) is 31.5. The lowest BCUT2D eigenvalue weighted by Crippen LogP contribution is -2.54. The quantitative estimate of drug-likeness (QED) is 0.124. The van der Waals surface area contributed by atoms with Gasteiger partial charge in [-0.3, -0.25) is 4.90 Å². The number of hydrogen-bond acceptors (Lipinski definition) is 7. The summed E-state index contributed by atoms with van der Waals surface area (Å²) in [5, 5.41) is 21.5. The third-order valence-electron chi connectivity index (χ3n) is 10.7. The smallest absolute Gasteiger partial charge is 0.180 e. The summed E-state index contributed by atoms with van der Waals surface area (Å²) in [4.78, 5) is 2.88. The van der Waals surface area contributed by atoms with Crippen LogP contribution in [0.15, 0.2) is 161 Å². The molecular formula is C45H53NO6S2. The molecule has 2 aliphatic rings. The Labute approximate surface area is 322 Å². The van der Waals surface area contributed by atoms with Crippen LogP contribution in [-0.2, 0) is 25.2 Å². The summed E-state index contributed by atoms with van der Waals surface area (Å²) in [7, 11) is -6.98. The fraction of sp³-hybridized carbons (Fsp3) is 0.333. The van der Waals surface area contributed by atoms with Crippen LogP contribution >= 0.6 is 0 Å². The lowest BCUT2D eigenvalue weighted by Gasteiger charge is -2.47. The molecule has 1 heterocycles. The maximum Gasteiger partial charge on any atom is 0.180 e. The van der Waals surface area contributed by atoms with E-state index in [9.17, 15) is 27.0 Å². The topological polar surface area (TPSA) is 112 Å². The molecule has 3 atom stereocenters. The lowest BCUT2D eigenvalue weighted by atomic mass is 9.75. The first kappa shape index (κ1) is 41.1. The second-order valence-corrected chi connectivity index (χ2v) is 18.1. The van der Waals surface area contributed by atoms with Crippen LogP contribution in [0.25, 0.3) is 0 Å².